The van der Waals surface area contributed by atoms with E-state index in [1.807, 2.05) is 0 Å². The third-order valence-corrected chi connectivity index (χ3v) is 3.58. The number of carboxylic acid groups (broad SMARTS) is 3. The monoisotopic (exact) mass is 312 g/mol. The minimum Gasteiger partial charge on any atom is -0.480 e. The Morgan fingerprint density at radius 3 is 2.19 bits per heavy atom. The molecule has 0 heterocycles. The Morgan fingerprint density at radius 1 is 1.10 bits per heavy atom. The maximum absolute atomic E-state index is 11.5. The van der Waals surface area contributed by atoms with Gasteiger partial charge in [0.15, 0.2) is 5.41 Å². The number of thiol groups is 1. The lowest BCUT2D eigenvalue weighted by atomic mass is 9.77. The summed E-state index contributed by atoms with van der Waals surface area (Å²) in [6.45, 7) is 0. The topological polar surface area (TPSA) is 112 Å². The molecule has 1 rings (SSSR count). The van der Waals surface area contributed by atoms with Crippen LogP contribution >= 0.6 is 12.6 Å². The SMILES string of the molecule is O=C(O)c1cccc(CC(CCCS)(C(=O)O)C(=O)O)c1. The average molecular weight is 312 g/mol. The fourth-order valence-corrected chi connectivity index (χ4v) is 2.25. The number of hydrogen-bond acceptors (Lipinski definition) is 4. The van der Waals surface area contributed by atoms with Gasteiger partial charge in [-0.25, -0.2) is 4.79 Å². The number of carbonyl (C=O) groups is 3. The van der Waals surface area contributed by atoms with Crippen LogP contribution in [0.4, 0.5) is 0 Å². The summed E-state index contributed by atoms with van der Waals surface area (Å²) in [5, 5.41) is 27.6. The first-order valence-corrected chi connectivity index (χ1v) is 6.86. The summed E-state index contributed by atoms with van der Waals surface area (Å²) in [7, 11) is 0. The molecule has 7 heteroatoms. The van der Waals surface area contributed by atoms with Crippen molar-refractivity contribution in [3.05, 3.63) is 35.4 Å². The molecule has 0 amide bonds. The van der Waals surface area contributed by atoms with Gasteiger partial charge in [-0.3, -0.25) is 9.59 Å². The van der Waals surface area contributed by atoms with Gasteiger partial charge in [-0.2, -0.15) is 12.6 Å². The molecule has 0 spiro atoms. The predicted octanol–water partition coefficient (Wildman–Crippen LogP) is 1.79. The Balaban J connectivity index is 3.16. The molecular formula is C14H16O6S. The molecule has 0 saturated heterocycles. The van der Waals surface area contributed by atoms with E-state index in [2.05, 4.69) is 12.6 Å². The van der Waals surface area contributed by atoms with Gasteiger partial charge >= 0.3 is 17.9 Å². The quantitative estimate of drug-likeness (QED) is 0.430. The molecule has 1 aromatic rings. The minimum atomic E-state index is -1.97. The molecule has 0 bridgehead atoms. The molecule has 0 atom stereocenters. The van der Waals surface area contributed by atoms with E-state index in [9.17, 15) is 24.6 Å². The molecule has 6 nitrogen and oxygen atoms in total. The van der Waals surface area contributed by atoms with E-state index in [0.717, 1.165) is 0 Å². The van der Waals surface area contributed by atoms with E-state index in [1.54, 1.807) is 0 Å². The molecule has 0 aliphatic carbocycles. The highest BCUT2D eigenvalue weighted by Crippen LogP contribution is 2.30. The van der Waals surface area contributed by atoms with Crippen molar-refractivity contribution in [2.24, 2.45) is 5.41 Å². The second-order valence-electron chi connectivity index (χ2n) is 4.70. The van der Waals surface area contributed by atoms with Crippen LogP contribution in [0.25, 0.3) is 0 Å². The standard InChI is InChI=1S/C14H16O6S/c15-11(16)10-4-1-3-9(7-10)8-14(12(17)18,13(19)20)5-2-6-21/h1,3-4,7,21H,2,5-6,8H2,(H,15,16)(H,17,18)(H,19,20). The summed E-state index contributed by atoms with van der Waals surface area (Å²) in [6.07, 6.45) is -0.00857. The second kappa shape index (κ2) is 7.12. The maximum Gasteiger partial charge on any atom is 0.335 e. The summed E-state index contributed by atoms with van der Waals surface area (Å²) in [4.78, 5) is 33.9. The van der Waals surface area contributed by atoms with Gasteiger partial charge in [0.2, 0.25) is 0 Å². The van der Waals surface area contributed by atoms with Gasteiger partial charge in [-0.15, -0.1) is 0 Å². The van der Waals surface area contributed by atoms with Crippen LogP contribution in [0, 0.1) is 5.41 Å². The number of aromatic carboxylic acids is 1. The Bertz CT molecular complexity index is 540. The van der Waals surface area contributed by atoms with E-state index in [-0.39, 0.29) is 18.4 Å². The number of rotatable bonds is 8. The summed E-state index contributed by atoms with van der Waals surface area (Å²) in [5.74, 6) is -3.64. The molecule has 0 saturated carbocycles. The second-order valence-corrected chi connectivity index (χ2v) is 5.15. The van der Waals surface area contributed by atoms with Crippen LogP contribution in [-0.2, 0) is 16.0 Å². The van der Waals surface area contributed by atoms with Crippen molar-refractivity contribution in [2.45, 2.75) is 19.3 Å². The number of benzene rings is 1. The molecule has 1 aromatic carbocycles. The fourth-order valence-electron chi connectivity index (χ4n) is 2.09. The van der Waals surface area contributed by atoms with Gasteiger partial charge in [-0.05, 0) is 42.7 Å². The van der Waals surface area contributed by atoms with E-state index in [1.165, 1.54) is 24.3 Å². The van der Waals surface area contributed by atoms with Crippen LogP contribution in [0.1, 0.15) is 28.8 Å². The van der Waals surface area contributed by atoms with Crippen molar-refractivity contribution < 1.29 is 29.7 Å². The summed E-state index contributed by atoms with van der Waals surface area (Å²) >= 11 is 3.98. The maximum atomic E-state index is 11.5. The summed E-state index contributed by atoms with van der Waals surface area (Å²) < 4.78 is 0. The lowest BCUT2D eigenvalue weighted by Gasteiger charge is -2.24. The molecule has 0 unspecified atom stereocenters. The van der Waals surface area contributed by atoms with Crippen molar-refractivity contribution in [2.75, 3.05) is 5.75 Å². The number of carboxylic acids is 3. The first-order valence-electron chi connectivity index (χ1n) is 6.23. The van der Waals surface area contributed by atoms with Crippen LogP contribution in [-0.4, -0.2) is 39.0 Å². The van der Waals surface area contributed by atoms with Crippen LogP contribution in [0.3, 0.4) is 0 Å². The third-order valence-electron chi connectivity index (χ3n) is 3.26. The fraction of sp³-hybridized carbons (Fsp3) is 0.357. The average Bonchev–Trinajstić information content (AvgIpc) is 2.43. The third kappa shape index (κ3) is 3.98. The van der Waals surface area contributed by atoms with Gasteiger partial charge in [0.1, 0.15) is 0 Å². The lowest BCUT2D eigenvalue weighted by molar-refractivity contribution is -0.165. The number of aliphatic carboxylic acids is 2. The minimum absolute atomic E-state index is 0.00799. The molecule has 0 fully saturated rings. The van der Waals surface area contributed by atoms with Crippen LogP contribution in [0.15, 0.2) is 24.3 Å². The highest BCUT2D eigenvalue weighted by atomic mass is 32.1. The summed E-state index contributed by atoms with van der Waals surface area (Å²) in [5.41, 5.74) is -1.62. The molecule has 3 N–H and O–H groups in total. The molecule has 0 aromatic heterocycles. The molecule has 21 heavy (non-hydrogen) atoms. The normalized spacial score (nSPS) is 11.1. The highest BCUT2D eigenvalue weighted by molar-refractivity contribution is 7.80. The van der Waals surface area contributed by atoms with Crippen LogP contribution in [0.2, 0.25) is 0 Å². The van der Waals surface area contributed by atoms with Crippen molar-refractivity contribution >= 4 is 30.5 Å². The van der Waals surface area contributed by atoms with E-state index >= 15 is 0 Å². The van der Waals surface area contributed by atoms with Crippen LogP contribution in [0.5, 0.6) is 0 Å². The molecule has 0 aliphatic heterocycles. The zero-order chi connectivity index (χ0) is 16.0. The summed E-state index contributed by atoms with van der Waals surface area (Å²) in [6, 6.07) is 5.64. The Kier molecular flexibility index (Phi) is 5.78. The molecule has 0 aliphatic rings. The van der Waals surface area contributed by atoms with Crippen molar-refractivity contribution in [1.82, 2.24) is 0 Å². The smallest absolute Gasteiger partial charge is 0.335 e. The van der Waals surface area contributed by atoms with E-state index in [0.29, 0.717) is 17.7 Å². The van der Waals surface area contributed by atoms with Crippen molar-refractivity contribution in [3.63, 3.8) is 0 Å². The van der Waals surface area contributed by atoms with Crippen molar-refractivity contribution in [1.29, 1.82) is 0 Å². The molecular weight excluding hydrogens is 296 g/mol. The van der Waals surface area contributed by atoms with Gasteiger partial charge in [-0.1, -0.05) is 12.1 Å². The van der Waals surface area contributed by atoms with E-state index in [4.69, 9.17) is 5.11 Å². The Hall–Kier alpha value is -2.02. The Labute approximate surface area is 126 Å². The van der Waals surface area contributed by atoms with E-state index < -0.39 is 23.3 Å². The number of hydrogen-bond donors (Lipinski definition) is 4. The highest BCUT2D eigenvalue weighted by Gasteiger charge is 2.46. The van der Waals surface area contributed by atoms with Gasteiger partial charge in [0, 0.05) is 0 Å². The lowest BCUT2D eigenvalue weighted by Crippen LogP contribution is -2.41. The predicted molar refractivity (Wildman–Crippen MR) is 77.9 cm³/mol. The Morgan fingerprint density at radius 2 is 1.71 bits per heavy atom. The van der Waals surface area contributed by atoms with Gasteiger partial charge < -0.3 is 15.3 Å². The first kappa shape index (κ1) is 17.0. The van der Waals surface area contributed by atoms with Gasteiger partial charge in [0.25, 0.3) is 0 Å². The molecule has 114 valence electrons. The first-order chi connectivity index (χ1) is 9.83. The van der Waals surface area contributed by atoms with Crippen LogP contribution < -0.4 is 0 Å². The van der Waals surface area contributed by atoms with Crippen molar-refractivity contribution in [3.8, 4) is 0 Å². The van der Waals surface area contributed by atoms with Gasteiger partial charge in [0.05, 0.1) is 5.56 Å². The zero-order valence-corrected chi connectivity index (χ0v) is 12.0. The zero-order valence-electron chi connectivity index (χ0n) is 11.2. The molecule has 0 radical (unpaired) electrons. The largest absolute Gasteiger partial charge is 0.480 e.